The number of carbonyl (C=O) groups is 2. The maximum absolute atomic E-state index is 11.6. The molecule has 0 heterocycles. The fraction of sp³-hybridized carbons (Fsp3) is 0.818. The summed E-state index contributed by atoms with van der Waals surface area (Å²) in [5.74, 6) is -0.0823. The molecule has 6 heteroatoms. The Morgan fingerprint density at radius 2 is 2.06 bits per heavy atom. The van der Waals surface area contributed by atoms with Gasteiger partial charge in [0.05, 0.1) is 19.7 Å². The fourth-order valence-corrected chi connectivity index (χ4v) is 1.43. The average molecular weight is 243 g/mol. The molecule has 0 radical (unpaired) electrons. The Kier molecular flexibility index (Phi) is 5.93. The zero-order valence-corrected chi connectivity index (χ0v) is 10.5. The van der Waals surface area contributed by atoms with E-state index in [9.17, 15) is 9.59 Å². The van der Waals surface area contributed by atoms with E-state index in [1.165, 1.54) is 0 Å². The van der Waals surface area contributed by atoms with E-state index in [4.69, 9.17) is 4.74 Å². The van der Waals surface area contributed by atoms with Gasteiger partial charge in [-0.15, -0.1) is 0 Å². The van der Waals surface area contributed by atoms with Crippen molar-refractivity contribution in [2.75, 3.05) is 40.4 Å². The molecule has 0 bridgehead atoms. The predicted octanol–water partition coefficient (Wildman–Crippen LogP) is -1.04. The number of amides is 2. The molecule has 2 N–H and O–H groups in total. The van der Waals surface area contributed by atoms with Gasteiger partial charge in [0.1, 0.15) is 0 Å². The summed E-state index contributed by atoms with van der Waals surface area (Å²) in [5.41, 5.74) is 0. The summed E-state index contributed by atoms with van der Waals surface area (Å²) in [6, 6.07) is 0.417. The third-order valence-corrected chi connectivity index (χ3v) is 2.68. The zero-order valence-electron chi connectivity index (χ0n) is 10.5. The number of rotatable bonds is 8. The Hall–Kier alpha value is -1.14. The van der Waals surface area contributed by atoms with E-state index in [-0.39, 0.29) is 24.9 Å². The second kappa shape index (κ2) is 7.24. The lowest BCUT2D eigenvalue weighted by molar-refractivity contribution is -0.129. The van der Waals surface area contributed by atoms with Gasteiger partial charge in [-0.05, 0) is 12.8 Å². The maximum atomic E-state index is 11.6. The standard InChI is InChI=1S/C11H21N3O3/c1-14(9-3-4-9)11(16)8-12-7-10(15)13-5-6-17-2/h9,12H,3-8H2,1-2H3,(H,13,15). The smallest absolute Gasteiger partial charge is 0.236 e. The lowest BCUT2D eigenvalue weighted by Gasteiger charge is -2.16. The molecule has 1 saturated carbocycles. The molecule has 2 amide bonds. The first kappa shape index (κ1) is 13.9. The number of hydrogen-bond donors (Lipinski definition) is 2. The number of hydrogen-bond acceptors (Lipinski definition) is 4. The molecular weight excluding hydrogens is 222 g/mol. The summed E-state index contributed by atoms with van der Waals surface area (Å²) in [6.07, 6.45) is 2.19. The van der Waals surface area contributed by atoms with Crippen LogP contribution in [0.3, 0.4) is 0 Å². The van der Waals surface area contributed by atoms with Gasteiger partial charge in [-0.3, -0.25) is 14.9 Å². The minimum atomic E-state index is -0.121. The van der Waals surface area contributed by atoms with Crippen LogP contribution in [0.2, 0.25) is 0 Å². The number of nitrogens with one attached hydrogen (secondary N) is 2. The average Bonchev–Trinajstić information content (AvgIpc) is 3.12. The van der Waals surface area contributed by atoms with Crippen LogP contribution in [-0.2, 0) is 14.3 Å². The molecule has 0 aromatic heterocycles. The largest absolute Gasteiger partial charge is 0.383 e. The van der Waals surface area contributed by atoms with Crippen LogP contribution >= 0.6 is 0 Å². The summed E-state index contributed by atoms with van der Waals surface area (Å²) >= 11 is 0. The third-order valence-electron chi connectivity index (χ3n) is 2.68. The van der Waals surface area contributed by atoms with Gasteiger partial charge >= 0.3 is 0 Å². The molecule has 1 aliphatic carbocycles. The van der Waals surface area contributed by atoms with Gasteiger partial charge in [0.15, 0.2) is 0 Å². The van der Waals surface area contributed by atoms with E-state index in [0.29, 0.717) is 19.2 Å². The highest BCUT2D eigenvalue weighted by molar-refractivity contribution is 5.81. The topological polar surface area (TPSA) is 70.7 Å². The monoisotopic (exact) mass is 243 g/mol. The lowest BCUT2D eigenvalue weighted by atomic mass is 10.4. The van der Waals surface area contributed by atoms with Crippen LogP contribution in [-0.4, -0.2) is 63.2 Å². The normalized spacial score (nSPS) is 14.5. The Labute approximate surface area is 102 Å². The molecule has 6 nitrogen and oxygen atoms in total. The Bertz CT molecular complexity index is 267. The van der Waals surface area contributed by atoms with Crippen molar-refractivity contribution in [3.8, 4) is 0 Å². The number of nitrogens with zero attached hydrogens (tertiary/aromatic N) is 1. The summed E-state index contributed by atoms with van der Waals surface area (Å²) < 4.78 is 4.80. The van der Waals surface area contributed by atoms with Crippen molar-refractivity contribution >= 4 is 11.8 Å². The minimum Gasteiger partial charge on any atom is -0.383 e. The molecule has 1 aliphatic rings. The Balaban J connectivity index is 2.02. The van der Waals surface area contributed by atoms with Crippen LogP contribution in [0.5, 0.6) is 0 Å². The molecule has 98 valence electrons. The quantitative estimate of drug-likeness (QED) is 0.534. The zero-order chi connectivity index (χ0) is 12.7. The molecular formula is C11H21N3O3. The van der Waals surface area contributed by atoms with Gasteiger partial charge in [-0.2, -0.15) is 0 Å². The highest BCUT2D eigenvalue weighted by Gasteiger charge is 2.29. The summed E-state index contributed by atoms with van der Waals surface area (Å²) in [7, 11) is 3.39. The predicted molar refractivity (Wildman–Crippen MR) is 63.5 cm³/mol. The van der Waals surface area contributed by atoms with E-state index >= 15 is 0 Å². The molecule has 1 rings (SSSR count). The first-order chi connectivity index (χ1) is 8.15. The molecule has 0 aromatic carbocycles. The van der Waals surface area contributed by atoms with Crippen molar-refractivity contribution in [2.45, 2.75) is 18.9 Å². The van der Waals surface area contributed by atoms with Crippen LogP contribution < -0.4 is 10.6 Å². The van der Waals surface area contributed by atoms with Gasteiger partial charge in [0.25, 0.3) is 0 Å². The number of ether oxygens (including phenoxy) is 1. The van der Waals surface area contributed by atoms with Crippen molar-refractivity contribution in [1.29, 1.82) is 0 Å². The summed E-state index contributed by atoms with van der Waals surface area (Å²) in [4.78, 5) is 24.6. The van der Waals surface area contributed by atoms with Crippen LogP contribution in [0.1, 0.15) is 12.8 Å². The Morgan fingerprint density at radius 1 is 1.35 bits per heavy atom. The summed E-state index contributed by atoms with van der Waals surface area (Å²) in [5, 5.41) is 5.50. The lowest BCUT2D eigenvalue weighted by Crippen LogP contribution is -2.41. The van der Waals surface area contributed by atoms with Gasteiger partial charge < -0.3 is 15.0 Å². The molecule has 1 fully saturated rings. The van der Waals surface area contributed by atoms with Crippen molar-refractivity contribution in [3.63, 3.8) is 0 Å². The second-order valence-electron chi connectivity index (χ2n) is 4.18. The highest BCUT2D eigenvalue weighted by atomic mass is 16.5. The van der Waals surface area contributed by atoms with Crippen molar-refractivity contribution < 1.29 is 14.3 Å². The van der Waals surface area contributed by atoms with Crippen molar-refractivity contribution in [1.82, 2.24) is 15.5 Å². The van der Waals surface area contributed by atoms with Crippen LogP contribution in [0, 0.1) is 0 Å². The minimum absolute atomic E-state index is 0.0391. The SMILES string of the molecule is COCCNC(=O)CNCC(=O)N(C)C1CC1. The van der Waals surface area contributed by atoms with E-state index in [1.54, 1.807) is 19.1 Å². The van der Waals surface area contributed by atoms with Gasteiger partial charge in [0.2, 0.25) is 11.8 Å². The first-order valence-corrected chi connectivity index (χ1v) is 5.87. The van der Waals surface area contributed by atoms with E-state index in [0.717, 1.165) is 12.8 Å². The van der Waals surface area contributed by atoms with Gasteiger partial charge in [-0.1, -0.05) is 0 Å². The third kappa shape index (κ3) is 5.65. The molecule has 0 saturated heterocycles. The molecule has 0 atom stereocenters. The fourth-order valence-electron chi connectivity index (χ4n) is 1.43. The van der Waals surface area contributed by atoms with Gasteiger partial charge in [0, 0.05) is 26.7 Å². The van der Waals surface area contributed by atoms with Crippen molar-refractivity contribution in [3.05, 3.63) is 0 Å². The maximum Gasteiger partial charge on any atom is 0.236 e. The van der Waals surface area contributed by atoms with Crippen LogP contribution in [0.25, 0.3) is 0 Å². The van der Waals surface area contributed by atoms with Gasteiger partial charge in [-0.25, -0.2) is 0 Å². The van der Waals surface area contributed by atoms with Crippen LogP contribution in [0.15, 0.2) is 0 Å². The number of likely N-dealkylation sites (N-methyl/N-ethyl adjacent to an activating group) is 1. The molecule has 17 heavy (non-hydrogen) atoms. The molecule has 0 aromatic rings. The number of methoxy groups -OCH3 is 1. The Morgan fingerprint density at radius 3 is 2.65 bits per heavy atom. The second-order valence-corrected chi connectivity index (χ2v) is 4.18. The highest BCUT2D eigenvalue weighted by Crippen LogP contribution is 2.24. The molecule has 0 aliphatic heterocycles. The molecule has 0 spiro atoms. The van der Waals surface area contributed by atoms with E-state index in [2.05, 4.69) is 10.6 Å². The van der Waals surface area contributed by atoms with Crippen LogP contribution in [0.4, 0.5) is 0 Å². The summed E-state index contributed by atoms with van der Waals surface area (Å²) in [6.45, 7) is 1.36. The van der Waals surface area contributed by atoms with Crippen molar-refractivity contribution in [2.24, 2.45) is 0 Å². The van der Waals surface area contributed by atoms with E-state index < -0.39 is 0 Å². The molecule has 0 unspecified atom stereocenters. The first-order valence-electron chi connectivity index (χ1n) is 5.87. The number of carbonyl (C=O) groups excluding carboxylic acids is 2. The van der Waals surface area contributed by atoms with E-state index in [1.807, 2.05) is 0 Å².